The number of nitrogens with one attached hydrogen (secondary N) is 2. The molecule has 0 aromatic carbocycles. The van der Waals surface area contributed by atoms with Crippen LogP contribution in [0.5, 0.6) is 0 Å². The van der Waals surface area contributed by atoms with Gasteiger partial charge in [0.1, 0.15) is 10.7 Å². The number of hydrogen-bond donors (Lipinski definition) is 3. The monoisotopic (exact) mass is 307 g/mol. The normalized spacial score (nSPS) is 10.4. The molecule has 0 atom stereocenters. The van der Waals surface area contributed by atoms with E-state index in [2.05, 4.69) is 20.6 Å². The van der Waals surface area contributed by atoms with E-state index in [1.54, 1.807) is 19.5 Å². The molecule has 2 rings (SSSR count). The number of carbonyl (C=O) groups excluding carboxylic acids is 1. The number of anilines is 3. The van der Waals surface area contributed by atoms with E-state index in [-0.39, 0.29) is 11.7 Å². The molecule has 0 aliphatic rings. The zero-order valence-electron chi connectivity index (χ0n) is 11.8. The summed E-state index contributed by atoms with van der Waals surface area (Å²) < 4.78 is 4.94. The van der Waals surface area contributed by atoms with Gasteiger partial charge in [0.2, 0.25) is 0 Å². The molecule has 0 fully saturated rings. The summed E-state index contributed by atoms with van der Waals surface area (Å²) in [4.78, 5) is 20.7. The summed E-state index contributed by atoms with van der Waals surface area (Å²) in [5.41, 5.74) is 7.38. The summed E-state index contributed by atoms with van der Waals surface area (Å²) in [6.45, 7) is 3.05. The molecule has 8 heteroatoms. The number of hydrogen-bond acceptors (Lipinski definition) is 7. The second-order valence-corrected chi connectivity index (χ2v) is 5.30. The van der Waals surface area contributed by atoms with Gasteiger partial charge in [-0.3, -0.25) is 9.78 Å². The molecule has 0 unspecified atom stereocenters. The molecule has 0 saturated carbocycles. The van der Waals surface area contributed by atoms with Crippen LogP contribution in [0.3, 0.4) is 0 Å². The predicted octanol–water partition coefficient (Wildman–Crippen LogP) is 1.74. The van der Waals surface area contributed by atoms with Crippen molar-refractivity contribution in [3.63, 3.8) is 0 Å². The summed E-state index contributed by atoms with van der Waals surface area (Å²) in [5, 5.41) is 6.43. The van der Waals surface area contributed by atoms with E-state index in [4.69, 9.17) is 10.5 Å². The van der Waals surface area contributed by atoms with Crippen molar-refractivity contribution in [2.45, 2.75) is 6.92 Å². The van der Waals surface area contributed by atoms with E-state index < -0.39 is 0 Å². The fourth-order valence-electron chi connectivity index (χ4n) is 1.60. The number of pyridine rings is 1. The lowest BCUT2D eigenvalue weighted by atomic mass is 10.2. The van der Waals surface area contributed by atoms with Crippen LogP contribution in [-0.2, 0) is 4.74 Å². The highest BCUT2D eigenvalue weighted by molar-refractivity contribution is 7.18. The van der Waals surface area contributed by atoms with Crippen molar-refractivity contribution in [1.29, 1.82) is 0 Å². The largest absolute Gasteiger partial charge is 0.383 e. The molecule has 112 valence electrons. The molecule has 0 aliphatic heterocycles. The Morgan fingerprint density at radius 1 is 1.52 bits per heavy atom. The minimum atomic E-state index is -0.291. The third-order valence-electron chi connectivity index (χ3n) is 2.73. The zero-order chi connectivity index (χ0) is 15.2. The minimum absolute atomic E-state index is 0.207. The third kappa shape index (κ3) is 3.89. The molecule has 0 saturated heterocycles. The number of nitrogens with two attached hydrogens (primary N) is 1. The van der Waals surface area contributed by atoms with Crippen LogP contribution < -0.4 is 16.4 Å². The fraction of sp³-hybridized carbons (Fsp3) is 0.308. The smallest absolute Gasteiger partial charge is 0.269 e. The lowest BCUT2D eigenvalue weighted by Crippen LogP contribution is -2.13. The summed E-state index contributed by atoms with van der Waals surface area (Å²) in [6, 6.07) is 1.82. The van der Waals surface area contributed by atoms with Crippen molar-refractivity contribution in [3.05, 3.63) is 28.9 Å². The molecular weight excluding hydrogens is 290 g/mol. The van der Waals surface area contributed by atoms with Crippen molar-refractivity contribution < 1.29 is 9.53 Å². The minimum Gasteiger partial charge on any atom is -0.383 e. The molecule has 2 heterocycles. The van der Waals surface area contributed by atoms with Gasteiger partial charge in [0.05, 0.1) is 18.5 Å². The summed E-state index contributed by atoms with van der Waals surface area (Å²) in [6.07, 6.45) is 3.27. The average molecular weight is 307 g/mol. The van der Waals surface area contributed by atoms with Crippen molar-refractivity contribution in [1.82, 2.24) is 9.97 Å². The maximum Gasteiger partial charge on any atom is 0.269 e. The number of thiazole rings is 1. The number of methoxy groups -OCH3 is 1. The standard InChI is InChI=1S/C13H17N5O2S/c1-8-3-4-15-7-9(8)17-12(19)10-11(14)18-13(21-10)16-5-6-20-2/h3-4,7H,5-6,14H2,1-2H3,(H,16,18)(H,17,19). The van der Waals surface area contributed by atoms with Gasteiger partial charge >= 0.3 is 0 Å². The second-order valence-electron chi connectivity index (χ2n) is 4.30. The molecule has 7 nitrogen and oxygen atoms in total. The quantitative estimate of drug-likeness (QED) is 0.703. The van der Waals surface area contributed by atoms with Crippen molar-refractivity contribution in [3.8, 4) is 0 Å². The van der Waals surface area contributed by atoms with Gasteiger partial charge in [0.25, 0.3) is 5.91 Å². The summed E-state index contributed by atoms with van der Waals surface area (Å²) >= 11 is 1.21. The Morgan fingerprint density at radius 2 is 2.33 bits per heavy atom. The van der Waals surface area contributed by atoms with Gasteiger partial charge in [0, 0.05) is 19.9 Å². The summed E-state index contributed by atoms with van der Waals surface area (Å²) in [5.74, 6) is -0.0835. The number of rotatable bonds is 6. The Kier molecular flexibility index (Phi) is 5.07. The molecule has 2 aromatic rings. The van der Waals surface area contributed by atoms with Gasteiger partial charge in [-0.05, 0) is 18.6 Å². The van der Waals surface area contributed by atoms with Crippen LogP contribution in [-0.4, -0.2) is 36.1 Å². The number of aromatic nitrogens is 2. The Labute approximate surface area is 126 Å². The van der Waals surface area contributed by atoms with Crippen LogP contribution in [0, 0.1) is 6.92 Å². The molecule has 0 aliphatic carbocycles. The molecule has 21 heavy (non-hydrogen) atoms. The van der Waals surface area contributed by atoms with E-state index >= 15 is 0 Å². The summed E-state index contributed by atoms with van der Waals surface area (Å²) in [7, 11) is 1.62. The number of amides is 1. The van der Waals surface area contributed by atoms with Gasteiger partial charge in [-0.1, -0.05) is 11.3 Å². The highest BCUT2D eigenvalue weighted by Crippen LogP contribution is 2.26. The Morgan fingerprint density at radius 3 is 3.05 bits per heavy atom. The van der Waals surface area contributed by atoms with Crippen molar-refractivity contribution >= 4 is 33.9 Å². The van der Waals surface area contributed by atoms with Crippen LogP contribution in [0.25, 0.3) is 0 Å². The predicted molar refractivity (Wildman–Crippen MR) is 83.8 cm³/mol. The number of nitrogen functional groups attached to an aromatic ring is 1. The first-order chi connectivity index (χ1) is 10.1. The fourth-order valence-corrected chi connectivity index (χ4v) is 2.41. The molecule has 0 spiro atoms. The highest BCUT2D eigenvalue weighted by Gasteiger charge is 2.16. The maximum atomic E-state index is 12.2. The SMILES string of the molecule is COCCNc1nc(N)c(C(=O)Nc2cnccc2C)s1. The van der Waals surface area contributed by atoms with Gasteiger partial charge in [-0.15, -0.1) is 0 Å². The molecule has 0 bridgehead atoms. The molecule has 4 N–H and O–H groups in total. The number of aryl methyl sites for hydroxylation is 1. The van der Waals surface area contributed by atoms with Crippen molar-refractivity contribution in [2.24, 2.45) is 0 Å². The number of ether oxygens (including phenoxy) is 1. The average Bonchev–Trinajstić information content (AvgIpc) is 2.83. The van der Waals surface area contributed by atoms with E-state index in [0.717, 1.165) is 5.56 Å². The van der Waals surface area contributed by atoms with E-state index in [1.807, 2.05) is 13.0 Å². The molecule has 0 radical (unpaired) electrons. The first-order valence-electron chi connectivity index (χ1n) is 6.33. The lowest BCUT2D eigenvalue weighted by Gasteiger charge is -2.06. The van der Waals surface area contributed by atoms with Crippen LogP contribution in [0.2, 0.25) is 0 Å². The van der Waals surface area contributed by atoms with Crippen LogP contribution >= 0.6 is 11.3 Å². The Hall–Kier alpha value is -2.19. The first kappa shape index (κ1) is 15.2. The zero-order valence-corrected chi connectivity index (χ0v) is 12.7. The first-order valence-corrected chi connectivity index (χ1v) is 7.14. The maximum absolute atomic E-state index is 12.2. The molecular formula is C13H17N5O2S. The van der Waals surface area contributed by atoms with E-state index in [1.165, 1.54) is 11.3 Å². The van der Waals surface area contributed by atoms with Gasteiger partial charge in [-0.2, -0.15) is 0 Å². The topological polar surface area (TPSA) is 102 Å². The molecule has 1 amide bonds. The van der Waals surface area contributed by atoms with Gasteiger partial charge in [-0.25, -0.2) is 4.98 Å². The third-order valence-corrected chi connectivity index (χ3v) is 3.76. The number of carbonyl (C=O) groups is 1. The highest BCUT2D eigenvalue weighted by atomic mass is 32.1. The molecule has 2 aromatic heterocycles. The van der Waals surface area contributed by atoms with Crippen LogP contribution in [0.15, 0.2) is 18.5 Å². The van der Waals surface area contributed by atoms with Crippen LogP contribution in [0.1, 0.15) is 15.2 Å². The Balaban J connectivity index is 2.07. The van der Waals surface area contributed by atoms with E-state index in [9.17, 15) is 4.79 Å². The van der Waals surface area contributed by atoms with Crippen molar-refractivity contribution in [2.75, 3.05) is 36.6 Å². The number of nitrogens with zero attached hydrogens (tertiary/aromatic N) is 2. The van der Waals surface area contributed by atoms with E-state index in [0.29, 0.717) is 28.8 Å². The van der Waals surface area contributed by atoms with Crippen LogP contribution in [0.4, 0.5) is 16.6 Å². The Bertz CT molecular complexity index is 629. The lowest BCUT2D eigenvalue weighted by molar-refractivity contribution is 0.103. The van der Waals surface area contributed by atoms with Gasteiger partial charge in [0.15, 0.2) is 5.13 Å². The van der Waals surface area contributed by atoms with Gasteiger partial charge < -0.3 is 21.1 Å². The second kappa shape index (κ2) is 7.00.